The van der Waals surface area contributed by atoms with Gasteiger partial charge in [0.25, 0.3) is 0 Å². The van der Waals surface area contributed by atoms with E-state index in [2.05, 4.69) is 24.1 Å². The molecule has 0 fully saturated rings. The van der Waals surface area contributed by atoms with Crippen LogP contribution >= 0.6 is 0 Å². The Labute approximate surface area is 122 Å². The van der Waals surface area contributed by atoms with E-state index >= 15 is 0 Å². The molecule has 1 aromatic rings. The maximum atomic E-state index is 12.8. The van der Waals surface area contributed by atoms with E-state index in [4.69, 9.17) is 4.74 Å². The van der Waals surface area contributed by atoms with Gasteiger partial charge in [-0.25, -0.2) is 4.39 Å². The SMILES string of the molecule is CCC(CC)N(CCNc1ccc(F)cc1)CCOC. The number of nitrogens with zero attached hydrogens (tertiary/aromatic N) is 1. The first-order valence-corrected chi connectivity index (χ1v) is 7.43. The molecule has 0 saturated carbocycles. The maximum absolute atomic E-state index is 12.8. The molecule has 1 rings (SSSR count). The van der Waals surface area contributed by atoms with Crippen LogP contribution in [0.1, 0.15) is 26.7 Å². The van der Waals surface area contributed by atoms with Crippen molar-refractivity contribution in [1.29, 1.82) is 0 Å². The minimum atomic E-state index is -0.200. The first-order valence-electron chi connectivity index (χ1n) is 7.43. The van der Waals surface area contributed by atoms with E-state index in [1.807, 2.05) is 0 Å². The number of nitrogens with one attached hydrogen (secondary N) is 1. The van der Waals surface area contributed by atoms with Crippen LogP contribution in [-0.4, -0.2) is 44.3 Å². The number of methoxy groups -OCH3 is 1. The molecule has 0 amide bonds. The molecule has 4 heteroatoms. The molecule has 0 bridgehead atoms. The Morgan fingerprint density at radius 3 is 2.35 bits per heavy atom. The van der Waals surface area contributed by atoms with E-state index in [0.29, 0.717) is 6.04 Å². The standard InChI is InChI=1S/C16H27FN2O/c1-4-16(5-2)19(12-13-20-3)11-10-18-15-8-6-14(17)7-9-15/h6-9,16,18H,4-5,10-13H2,1-3H3. The molecule has 1 aromatic carbocycles. The molecule has 0 aromatic heterocycles. The lowest BCUT2D eigenvalue weighted by atomic mass is 10.1. The minimum absolute atomic E-state index is 0.200. The van der Waals surface area contributed by atoms with Gasteiger partial charge in [0.1, 0.15) is 5.82 Å². The number of benzene rings is 1. The number of rotatable bonds is 10. The highest BCUT2D eigenvalue weighted by atomic mass is 19.1. The highest BCUT2D eigenvalue weighted by Crippen LogP contribution is 2.10. The van der Waals surface area contributed by atoms with Crippen LogP contribution in [0.4, 0.5) is 10.1 Å². The molecule has 1 N–H and O–H groups in total. The third-order valence-electron chi connectivity index (χ3n) is 3.61. The predicted octanol–water partition coefficient (Wildman–Crippen LogP) is 3.37. The zero-order valence-corrected chi connectivity index (χ0v) is 12.9. The molecule has 0 heterocycles. The Morgan fingerprint density at radius 1 is 1.15 bits per heavy atom. The van der Waals surface area contributed by atoms with E-state index in [-0.39, 0.29) is 5.82 Å². The summed E-state index contributed by atoms with van der Waals surface area (Å²) in [5.41, 5.74) is 0.961. The minimum Gasteiger partial charge on any atom is -0.384 e. The Balaban J connectivity index is 2.42. The number of ether oxygens (including phenoxy) is 1. The van der Waals surface area contributed by atoms with Gasteiger partial charge >= 0.3 is 0 Å². The topological polar surface area (TPSA) is 24.5 Å². The van der Waals surface area contributed by atoms with Crippen molar-refractivity contribution < 1.29 is 9.13 Å². The van der Waals surface area contributed by atoms with Crippen LogP contribution in [0, 0.1) is 5.82 Å². The van der Waals surface area contributed by atoms with Gasteiger partial charge in [0.15, 0.2) is 0 Å². The Kier molecular flexibility index (Phi) is 8.23. The van der Waals surface area contributed by atoms with E-state index in [9.17, 15) is 4.39 Å². The van der Waals surface area contributed by atoms with Crippen molar-refractivity contribution in [2.45, 2.75) is 32.7 Å². The van der Waals surface area contributed by atoms with Crippen LogP contribution in [0.5, 0.6) is 0 Å². The molecule has 0 radical (unpaired) electrons. The zero-order valence-electron chi connectivity index (χ0n) is 12.9. The number of hydrogen-bond acceptors (Lipinski definition) is 3. The highest BCUT2D eigenvalue weighted by Gasteiger charge is 2.14. The van der Waals surface area contributed by atoms with Gasteiger partial charge in [-0.2, -0.15) is 0 Å². The molecule has 0 aliphatic heterocycles. The van der Waals surface area contributed by atoms with Gasteiger partial charge < -0.3 is 10.1 Å². The number of hydrogen-bond donors (Lipinski definition) is 1. The summed E-state index contributed by atoms with van der Waals surface area (Å²) in [4.78, 5) is 2.46. The third kappa shape index (κ3) is 5.88. The van der Waals surface area contributed by atoms with Crippen molar-refractivity contribution in [1.82, 2.24) is 4.90 Å². The molecule has 114 valence electrons. The normalized spacial score (nSPS) is 11.3. The Bertz CT molecular complexity index is 352. The fourth-order valence-corrected chi connectivity index (χ4v) is 2.40. The summed E-state index contributed by atoms with van der Waals surface area (Å²) in [6, 6.07) is 7.09. The summed E-state index contributed by atoms with van der Waals surface area (Å²) < 4.78 is 18.0. The fraction of sp³-hybridized carbons (Fsp3) is 0.625. The molecule has 0 aliphatic carbocycles. The monoisotopic (exact) mass is 282 g/mol. The van der Waals surface area contributed by atoms with Crippen LogP contribution in [-0.2, 0) is 4.74 Å². The molecule has 0 spiro atoms. The predicted molar refractivity (Wildman–Crippen MR) is 82.7 cm³/mol. The van der Waals surface area contributed by atoms with E-state index in [1.54, 1.807) is 19.2 Å². The molecular formula is C16H27FN2O. The Morgan fingerprint density at radius 2 is 1.80 bits per heavy atom. The summed E-state index contributed by atoms with van der Waals surface area (Å²) in [6.45, 7) is 7.97. The highest BCUT2D eigenvalue weighted by molar-refractivity contribution is 5.42. The van der Waals surface area contributed by atoms with Crippen LogP contribution in [0.2, 0.25) is 0 Å². The summed E-state index contributed by atoms with van der Waals surface area (Å²) in [7, 11) is 1.74. The van der Waals surface area contributed by atoms with Crippen LogP contribution in [0.15, 0.2) is 24.3 Å². The van der Waals surface area contributed by atoms with E-state index < -0.39 is 0 Å². The summed E-state index contributed by atoms with van der Waals surface area (Å²) >= 11 is 0. The first kappa shape index (κ1) is 16.9. The third-order valence-corrected chi connectivity index (χ3v) is 3.61. The van der Waals surface area contributed by atoms with Crippen LogP contribution < -0.4 is 5.32 Å². The van der Waals surface area contributed by atoms with Gasteiger partial charge in [-0.15, -0.1) is 0 Å². The second-order valence-corrected chi connectivity index (χ2v) is 4.93. The smallest absolute Gasteiger partial charge is 0.123 e. The van der Waals surface area contributed by atoms with Gasteiger partial charge in [-0.3, -0.25) is 4.90 Å². The fourth-order valence-electron chi connectivity index (χ4n) is 2.40. The van der Waals surface area contributed by atoms with Gasteiger partial charge in [0.05, 0.1) is 6.61 Å². The molecule has 20 heavy (non-hydrogen) atoms. The molecule has 0 unspecified atom stereocenters. The van der Waals surface area contributed by atoms with E-state index in [1.165, 1.54) is 12.1 Å². The summed E-state index contributed by atoms with van der Waals surface area (Å²) in [5.74, 6) is -0.200. The van der Waals surface area contributed by atoms with Crippen molar-refractivity contribution in [3.05, 3.63) is 30.1 Å². The largest absolute Gasteiger partial charge is 0.384 e. The van der Waals surface area contributed by atoms with Crippen molar-refractivity contribution in [3.63, 3.8) is 0 Å². The first-order chi connectivity index (χ1) is 9.71. The lowest BCUT2D eigenvalue weighted by Crippen LogP contribution is -2.40. The second kappa shape index (κ2) is 9.72. The van der Waals surface area contributed by atoms with E-state index in [0.717, 1.165) is 44.8 Å². The van der Waals surface area contributed by atoms with Crippen molar-refractivity contribution >= 4 is 5.69 Å². The lowest BCUT2D eigenvalue weighted by molar-refractivity contribution is 0.118. The van der Waals surface area contributed by atoms with Crippen LogP contribution in [0.3, 0.4) is 0 Å². The molecular weight excluding hydrogens is 255 g/mol. The number of halogens is 1. The van der Waals surface area contributed by atoms with Crippen LogP contribution in [0.25, 0.3) is 0 Å². The molecule has 0 saturated heterocycles. The average molecular weight is 282 g/mol. The second-order valence-electron chi connectivity index (χ2n) is 4.93. The summed E-state index contributed by atoms with van der Waals surface area (Å²) in [6.07, 6.45) is 2.30. The average Bonchev–Trinajstić information content (AvgIpc) is 2.47. The summed E-state index contributed by atoms with van der Waals surface area (Å²) in [5, 5.41) is 3.33. The van der Waals surface area contributed by atoms with Crippen molar-refractivity contribution in [2.75, 3.05) is 38.7 Å². The van der Waals surface area contributed by atoms with Gasteiger partial charge in [0.2, 0.25) is 0 Å². The Hall–Kier alpha value is -1.13. The molecule has 3 nitrogen and oxygen atoms in total. The quantitative estimate of drug-likeness (QED) is 0.712. The van der Waals surface area contributed by atoms with Crippen molar-refractivity contribution in [2.24, 2.45) is 0 Å². The van der Waals surface area contributed by atoms with Gasteiger partial charge in [-0.05, 0) is 37.1 Å². The van der Waals surface area contributed by atoms with Gasteiger partial charge in [0, 0.05) is 38.5 Å². The molecule has 0 aliphatic rings. The zero-order chi connectivity index (χ0) is 14.8. The number of anilines is 1. The maximum Gasteiger partial charge on any atom is 0.123 e. The lowest BCUT2D eigenvalue weighted by Gasteiger charge is -2.30. The van der Waals surface area contributed by atoms with Gasteiger partial charge in [-0.1, -0.05) is 13.8 Å². The van der Waals surface area contributed by atoms with Crippen molar-refractivity contribution in [3.8, 4) is 0 Å². The molecule has 0 atom stereocenters.